The summed E-state index contributed by atoms with van der Waals surface area (Å²) in [6, 6.07) is -0.386. The van der Waals surface area contributed by atoms with Crippen molar-refractivity contribution in [1.29, 1.82) is 0 Å². The zero-order chi connectivity index (χ0) is 13.0. The molecular weight excluding hydrogens is 268 g/mol. The van der Waals surface area contributed by atoms with Gasteiger partial charge in [0.2, 0.25) is 5.91 Å². The third-order valence-corrected chi connectivity index (χ3v) is 3.62. The molecule has 2 aliphatic heterocycles. The predicted molar refractivity (Wildman–Crippen MR) is 75.4 cm³/mol. The van der Waals surface area contributed by atoms with E-state index in [0.717, 1.165) is 32.6 Å². The van der Waals surface area contributed by atoms with Gasteiger partial charge in [0.05, 0.1) is 6.54 Å². The Kier molecular flexibility index (Phi) is 6.54. The maximum atomic E-state index is 11.7. The van der Waals surface area contributed by atoms with Gasteiger partial charge in [0, 0.05) is 19.6 Å². The van der Waals surface area contributed by atoms with E-state index in [1.54, 1.807) is 0 Å². The first-order chi connectivity index (χ1) is 8.69. The van der Waals surface area contributed by atoms with Crippen LogP contribution in [-0.4, -0.2) is 56.1 Å². The van der Waals surface area contributed by atoms with Crippen LogP contribution in [0.15, 0.2) is 0 Å². The summed E-state index contributed by atoms with van der Waals surface area (Å²) in [6.07, 6.45) is 0.865. The molecule has 2 heterocycles. The molecule has 0 aromatic heterocycles. The summed E-state index contributed by atoms with van der Waals surface area (Å²) in [5, 5.41) is 8.35. The molecular formula is C12H23ClN4O2. The number of amides is 3. The Labute approximate surface area is 120 Å². The van der Waals surface area contributed by atoms with Crippen LogP contribution in [0.25, 0.3) is 0 Å². The maximum Gasteiger partial charge on any atom is 0.321 e. The fraction of sp³-hybridized carbons (Fsp3) is 0.833. The lowest BCUT2D eigenvalue weighted by atomic mass is 10.0. The van der Waals surface area contributed by atoms with Crippen LogP contribution in [-0.2, 0) is 4.79 Å². The first kappa shape index (κ1) is 16.2. The molecule has 19 heavy (non-hydrogen) atoms. The smallest absolute Gasteiger partial charge is 0.321 e. The largest absolute Gasteiger partial charge is 0.338 e. The van der Waals surface area contributed by atoms with Gasteiger partial charge in [0.15, 0.2) is 0 Å². The van der Waals surface area contributed by atoms with Gasteiger partial charge in [-0.25, -0.2) is 4.79 Å². The van der Waals surface area contributed by atoms with E-state index in [4.69, 9.17) is 0 Å². The SMILES string of the molecule is CCCNC(=O)NC(=O)CN1C[C@H]2CNC[C@H]2C1.Cl. The standard InChI is InChI=1S/C12H22N4O2.ClH/c1-2-3-14-12(18)15-11(17)8-16-6-9-4-13-5-10(9)7-16;/h9-10,13H,2-8H2,1H3,(H2,14,15,17,18);1H/t9-,10+;. The summed E-state index contributed by atoms with van der Waals surface area (Å²) in [5.41, 5.74) is 0. The van der Waals surface area contributed by atoms with E-state index < -0.39 is 0 Å². The second kappa shape index (κ2) is 7.67. The molecule has 0 bridgehead atoms. The molecule has 2 atom stereocenters. The Morgan fingerprint density at radius 3 is 2.47 bits per heavy atom. The maximum absolute atomic E-state index is 11.7. The van der Waals surface area contributed by atoms with Crippen molar-refractivity contribution in [3.05, 3.63) is 0 Å². The van der Waals surface area contributed by atoms with Gasteiger partial charge in [-0.2, -0.15) is 0 Å². The van der Waals surface area contributed by atoms with Crippen molar-refractivity contribution in [2.45, 2.75) is 13.3 Å². The van der Waals surface area contributed by atoms with Crippen molar-refractivity contribution >= 4 is 24.3 Å². The number of carbonyl (C=O) groups excluding carboxylic acids is 2. The minimum absolute atomic E-state index is 0. The van der Waals surface area contributed by atoms with Crippen LogP contribution in [0.1, 0.15) is 13.3 Å². The van der Waals surface area contributed by atoms with Crippen LogP contribution in [0.2, 0.25) is 0 Å². The molecule has 2 fully saturated rings. The Bertz CT molecular complexity index is 315. The molecule has 0 aromatic rings. The van der Waals surface area contributed by atoms with Crippen LogP contribution >= 0.6 is 12.4 Å². The lowest BCUT2D eigenvalue weighted by molar-refractivity contribution is -0.121. The van der Waals surface area contributed by atoms with E-state index >= 15 is 0 Å². The van der Waals surface area contributed by atoms with Crippen molar-refractivity contribution in [2.75, 3.05) is 39.3 Å². The topological polar surface area (TPSA) is 73.5 Å². The van der Waals surface area contributed by atoms with Crippen LogP contribution in [0, 0.1) is 11.8 Å². The molecule has 6 nitrogen and oxygen atoms in total. The van der Waals surface area contributed by atoms with Crippen LogP contribution < -0.4 is 16.0 Å². The molecule has 2 rings (SSSR count). The van der Waals surface area contributed by atoms with E-state index in [1.807, 2.05) is 6.92 Å². The molecule has 0 aliphatic carbocycles. The molecule has 2 saturated heterocycles. The Hall–Kier alpha value is -0.850. The number of imide groups is 1. The summed E-state index contributed by atoms with van der Waals surface area (Å²) >= 11 is 0. The normalized spacial score (nSPS) is 25.5. The van der Waals surface area contributed by atoms with Gasteiger partial charge < -0.3 is 10.6 Å². The van der Waals surface area contributed by atoms with Gasteiger partial charge in [0.1, 0.15) is 0 Å². The quantitative estimate of drug-likeness (QED) is 0.670. The second-order valence-corrected chi connectivity index (χ2v) is 5.18. The predicted octanol–water partition coefficient (Wildman–Crippen LogP) is -0.205. The molecule has 2 aliphatic rings. The van der Waals surface area contributed by atoms with Crippen molar-refractivity contribution in [1.82, 2.24) is 20.9 Å². The summed E-state index contributed by atoms with van der Waals surface area (Å²) in [7, 11) is 0. The number of hydrogen-bond acceptors (Lipinski definition) is 4. The number of halogens is 1. The lowest BCUT2D eigenvalue weighted by Crippen LogP contribution is -2.44. The highest BCUT2D eigenvalue weighted by Crippen LogP contribution is 2.25. The first-order valence-corrected chi connectivity index (χ1v) is 6.69. The first-order valence-electron chi connectivity index (χ1n) is 6.69. The van der Waals surface area contributed by atoms with E-state index in [0.29, 0.717) is 24.9 Å². The lowest BCUT2D eigenvalue weighted by Gasteiger charge is -2.16. The van der Waals surface area contributed by atoms with Gasteiger partial charge in [-0.15, -0.1) is 12.4 Å². The van der Waals surface area contributed by atoms with Crippen molar-refractivity contribution in [3.63, 3.8) is 0 Å². The summed E-state index contributed by atoms with van der Waals surface area (Å²) in [4.78, 5) is 25.1. The second-order valence-electron chi connectivity index (χ2n) is 5.18. The highest BCUT2D eigenvalue weighted by atomic mass is 35.5. The number of carbonyl (C=O) groups is 2. The Morgan fingerprint density at radius 1 is 1.26 bits per heavy atom. The number of nitrogens with one attached hydrogen (secondary N) is 3. The minimum atomic E-state index is -0.386. The fourth-order valence-electron chi connectivity index (χ4n) is 2.73. The van der Waals surface area contributed by atoms with Crippen LogP contribution in [0.5, 0.6) is 0 Å². The summed E-state index contributed by atoms with van der Waals surface area (Å²) in [6.45, 7) is 6.92. The number of nitrogens with zero attached hydrogens (tertiary/aromatic N) is 1. The molecule has 0 radical (unpaired) electrons. The zero-order valence-electron chi connectivity index (χ0n) is 11.3. The molecule has 3 amide bonds. The summed E-state index contributed by atoms with van der Waals surface area (Å²) in [5.74, 6) is 1.13. The van der Waals surface area contributed by atoms with Gasteiger partial charge in [-0.1, -0.05) is 6.92 Å². The summed E-state index contributed by atoms with van der Waals surface area (Å²) < 4.78 is 0. The van der Waals surface area contributed by atoms with Gasteiger partial charge in [-0.3, -0.25) is 15.0 Å². The highest BCUT2D eigenvalue weighted by Gasteiger charge is 2.36. The molecule has 110 valence electrons. The number of hydrogen-bond donors (Lipinski definition) is 3. The minimum Gasteiger partial charge on any atom is -0.338 e. The van der Waals surface area contributed by atoms with Crippen molar-refractivity contribution < 1.29 is 9.59 Å². The third-order valence-electron chi connectivity index (χ3n) is 3.62. The van der Waals surface area contributed by atoms with E-state index in [-0.39, 0.29) is 24.3 Å². The molecule has 7 heteroatoms. The van der Waals surface area contributed by atoms with Crippen molar-refractivity contribution in [2.24, 2.45) is 11.8 Å². The number of fused-ring (bicyclic) bond motifs is 1. The number of urea groups is 1. The monoisotopic (exact) mass is 290 g/mol. The molecule has 0 saturated carbocycles. The van der Waals surface area contributed by atoms with Gasteiger partial charge in [0.25, 0.3) is 0 Å². The Morgan fingerprint density at radius 2 is 1.89 bits per heavy atom. The highest BCUT2D eigenvalue weighted by molar-refractivity contribution is 5.95. The third kappa shape index (κ3) is 4.63. The van der Waals surface area contributed by atoms with E-state index in [1.165, 1.54) is 0 Å². The number of rotatable bonds is 4. The molecule has 3 N–H and O–H groups in total. The van der Waals surface area contributed by atoms with Crippen molar-refractivity contribution in [3.8, 4) is 0 Å². The fourth-order valence-corrected chi connectivity index (χ4v) is 2.73. The molecule has 0 unspecified atom stereocenters. The van der Waals surface area contributed by atoms with E-state index in [9.17, 15) is 9.59 Å². The van der Waals surface area contributed by atoms with Crippen LogP contribution in [0.4, 0.5) is 4.79 Å². The molecule has 0 spiro atoms. The van der Waals surface area contributed by atoms with Gasteiger partial charge in [-0.05, 0) is 31.3 Å². The van der Waals surface area contributed by atoms with Crippen LogP contribution in [0.3, 0.4) is 0 Å². The van der Waals surface area contributed by atoms with Gasteiger partial charge >= 0.3 is 6.03 Å². The molecule has 0 aromatic carbocycles. The average Bonchev–Trinajstić information content (AvgIpc) is 2.86. The zero-order valence-corrected chi connectivity index (χ0v) is 12.1. The average molecular weight is 291 g/mol. The Balaban J connectivity index is 0.00000180. The number of likely N-dealkylation sites (tertiary alicyclic amines) is 1. The van der Waals surface area contributed by atoms with E-state index in [2.05, 4.69) is 20.9 Å².